The van der Waals surface area contributed by atoms with Crippen molar-refractivity contribution in [3.63, 3.8) is 0 Å². The van der Waals surface area contributed by atoms with Crippen LogP contribution in [0, 0.1) is 17.8 Å². The van der Waals surface area contributed by atoms with Crippen LogP contribution in [0.4, 0.5) is 5.69 Å². The van der Waals surface area contributed by atoms with Gasteiger partial charge in [-0.05, 0) is 125 Å². The second-order valence-electron chi connectivity index (χ2n) is 14.1. The molecule has 1 N–H and O–H groups in total. The Morgan fingerprint density at radius 3 is 2.07 bits per heavy atom. The van der Waals surface area contributed by atoms with Gasteiger partial charge >= 0.3 is 0 Å². The topological polar surface area (TPSA) is 86.8 Å². The molecule has 0 spiro atoms. The molecule has 42 heavy (non-hydrogen) atoms. The van der Waals surface area contributed by atoms with Gasteiger partial charge < -0.3 is 10.2 Å². The Kier molecular flexibility index (Phi) is 8.58. The maximum absolute atomic E-state index is 13.9. The molecule has 1 atom stereocenters. The van der Waals surface area contributed by atoms with E-state index < -0.39 is 34.1 Å². The Morgan fingerprint density at radius 1 is 1.00 bits per heavy atom. The lowest BCUT2D eigenvalue weighted by Gasteiger charge is -2.57. The van der Waals surface area contributed by atoms with Crippen LogP contribution in [-0.4, -0.2) is 49.5 Å². The molecular weight excluding hydrogens is 614 g/mol. The van der Waals surface area contributed by atoms with Crippen LogP contribution in [0.1, 0.15) is 77.3 Å². The van der Waals surface area contributed by atoms with Gasteiger partial charge in [0.15, 0.2) is 0 Å². The van der Waals surface area contributed by atoms with Gasteiger partial charge in [-0.15, -0.1) is 0 Å². The minimum Gasteiger partial charge on any atom is -0.350 e. The number of carbonyl (C=O) groups is 2. The van der Waals surface area contributed by atoms with Crippen molar-refractivity contribution in [2.75, 3.05) is 17.1 Å². The van der Waals surface area contributed by atoms with E-state index in [-0.39, 0.29) is 17.9 Å². The Morgan fingerprint density at radius 2 is 1.57 bits per heavy atom. The zero-order valence-electron chi connectivity index (χ0n) is 25.4. The standard InChI is InChI=1S/C33H44BrN3O4S/c1-22(31(39)35-32(2,3)4)36(20-23-7-6-8-28(34)16-23)30(38)21-37(42(5,40)41)29-11-9-27(10-12-29)33-17-24-13-25(18-33)15-26(14-24)19-33/h6-12,16,22,24-26H,13-15,17-21H2,1-5H3,(H,35,39). The fourth-order valence-electron chi connectivity index (χ4n) is 7.95. The van der Waals surface area contributed by atoms with Crippen LogP contribution >= 0.6 is 15.9 Å². The smallest absolute Gasteiger partial charge is 0.244 e. The number of hydrogen-bond donors (Lipinski definition) is 1. The van der Waals surface area contributed by atoms with Crippen molar-refractivity contribution in [2.24, 2.45) is 17.8 Å². The van der Waals surface area contributed by atoms with Gasteiger partial charge in [0.25, 0.3) is 0 Å². The summed E-state index contributed by atoms with van der Waals surface area (Å²) < 4.78 is 28.1. The first-order valence-electron chi connectivity index (χ1n) is 15.1. The van der Waals surface area contributed by atoms with Crippen LogP contribution in [0.5, 0.6) is 0 Å². The lowest BCUT2D eigenvalue weighted by Crippen LogP contribution is -2.54. The highest BCUT2D eigenvalue weighted by Crippen LogP contribution is 2.60. The fraction of sp³-hybridized carbons (Fsp3) is 0.576. The van der Waals surface area contributed by atoms with Crippen molar-refractivity contribution in [3.05, 3.63) is 64.1 Å². The number of anilines is 1. The maximum atomic E-state index is 13.9. The molecule has 0 heterocycles. The highest BCUT2D eigenvalue weighted by Gasteiger charge is 2.51. The van der Waals surface area contributed by atoms with Crippen molar-refractivity contribution >= 4 is 43.5 Å². The van der Waals surface area contributed by atoms with E-state index in [1.54, 1.807) is 6.92 Å². The van der Waals surface area contributed by atoms with Gasteiger partial charge in [-0.2, -0.15) is 0 Å². The summed E-state index contributed by atoms with van der Waals surface area (Å²) in [5.74, 6) is 1.71. The Hall–Kier alpha value is -2.39. The summed E-state index contributed by atoms with van der Waals surface area (Å²) in [6, 6.07) is 14.6. The molecule has 4 bridgehead atoms. The molecule has 2 aromatic rings. The molecule has 4 fully saturated rings. The first kappa shape index (κ1) is 31.0. The summed E-state index contributed by atoms with van der Waals surface area (Å²) >= 11 is 3.48. The largest absolute Gasteiger partial charge is 0.350 e. The Bertz CT molecular complexity index is 1400. The van der Waals surface area contributed by atoms with Crippen molar-refractivity contribution in [1.82, 2.24) is 10.2 Å². The van der Waals surface area contributed by atoms with Gasteiger partial charge in [0.2, 0.25) is 21.8 Å². The van der Waals surface area contributed by atoms with Gasteiger partial charge in [-0.25, -0.2) is 8.42 Å². The molecule has 7 nitrogen and oxygen atoms in total. The molecule has 4 aliphatic rings. The predicted octanol–water partition coefficient (Wildman–Crippen LogP) is 6.01. The molecule has 0 aromatic heterocycles. The Labute approximate surface area is 259 Å². The second kappa shape index (κ2) is 11.6. The summed E-state index contributed by atoms with van der Waals surface area (Å²) in [4.78, 5) is 28.5. The van der Waals surface area contributed by atoms with Crippen LogP contribution in [0.25, 0.3) is 0 Å². The molecule has 4 saturated carbocycles. The van der Waals surface area contributed by atoms with Crippen LogP contribution < -0.4 is 9.62 Å². The van der Waals surface area contributed by atoms with Gasteiger partial charge in [0.05, 0.1) is 11.9 Å². The normalized spacial score (nSPS) is 25.6. The minimum absolute atomic E-state index is 0.166. The monoisotopic (exact) mass is 657 g/mol. The summed E-state index contributed by atoms with van der Waals surface area (Å²) in [7, 11) is -3.78. The highest BCUT2D eigenvalue weighted by molar-refractivity contribution is 9.10. The summed E-state index contributed by atoms with van der Waals surface area (Å²) in [5.41, 5.74) is 2.32. The number of benzene rings is 2. The van der Waals surface area contributed by atoms with Gasteiger partial charge in [0.1, 0.15) is 12.6 Å². The van der Waals surface area contributed by atoms with Crippen LogP contribution in [-0.2, 0) is 31.6 Å². The molecule has 2 aromatic carbocycles. The summed E-state index contributed by atoms with van der Waals surface area (Å²) in [6.07, 6.45) is 8.91. The second-order valence-corrected chi connectivity index (χ2v) is 16.9. The van der Waals surface area contributed by atoms with Crippen LogP contribution in [0.3, 0.4) is 0 Å². The zero-order valence-corrected chi connectivity index (χ0v) is 27.8. The van der Waals surface area contributed by atoms with E-state index in [0.717, 1.165) is 34.0 Å². The number of sulfonamides is 1. The molecule has 9 heteroatoms. The lowest BCUT2D eigenvalue weighted by atomic mass is 9.48. The third kappa shape index (κ3) is 6.88. The third-order valence-corrected chi connectivity index (χ3v) is 11.0. The van der Waals surface area contributed by atoms with E-state index in [0.29, 0.717) is 5.69 Å². The number of rotatable bonds is 9. The molecule has 0 saturated heterocycles. The lowest BCUT2D eigenvalue weighted by molar-refractivity contribution is -0.140. The van der Waals surface area contributed by atoms with Gasteiger partial charge in [0, 0.05) is 16.6 Å². The van der Waals surface area contributed by atoms with Crippen molar-refractivity contribution < 1.29 is 18.0 Å². The van der Waals surface area contributed by atoms with Crippen LogP contribution in [0.15, 0.2) is 53.0 Å². The number of carbonyl (C=O) groups excluding carboxylic acids is 2. The summed E-state index contributed by atoms with van der Waals surface area (Å²) in [5, 5.41) is 2.95. The predicted molar refractivity (Wildman–Crippen MR) is 171 cm³/mol. The average molecular weight is 659 g/mol. The summed E-state index contributed by atoms with van der Waals surface area (Å²) in [6.45, 7) is 7.11. The molecule has 1 unspecified atom stereocenters. The van der Waals surface area contributed by atoms with Crippen LogP contribution in [0.2, 0.25) is 0 Å². The van der Waals surface area contributed by atoms with E-state index in [1.807, 2.05) is 57.2 Å². The molecule has 0 radical (unpaired) electrons. The minimum atomic E-state index is -3.78. The van der Waals surface area contributed by atoms with E-state index in [9.17, 15) is 18.0 Å². The SMILES string of the molecule is CC(C(=O)NC(C)(C)C)N(Cc1cccc(Br)c1)C(=O)CN(c1ccc(C23CC4CC(CC(C4)C2)C3)cc1)S(C)(=O)=O. The number of halogens is 1. The quantitative estimate of drug-likeness (QED) is 0.358. The van der Waals surface area contributed by atoms with E-state index in [4.69, 9.17) is 0 Å². The highest BCUT2D eigenvalue weighted by atomic mass is 79.9. The molecule has 4 aliphatic carbocycles. The van der Waals surface area contributed by atoms with Crippen molar-refractivity contribution in [2.45, 2.75) is 89.8 Å². The van der Waals surface area contributed by atoms with E-state index in [1.165, 1.54) is 53.3 Å². The van der Waals surface area contributed by atoms with Crippen molar-refractivity contribution in [3.8, 4) is 0 Å². The molecule has 6 rings (SSSR count). The number of nitrogens with zero attached hydrogens (tertiary/aromatic N) is 2. The first-order valence-corrected chi connectivity index (χ1v) is 17.7. The number of hydrogen-bond acceptors (Lipinski definition) is 4. The number of nitrogens with one attached hydrogen (secondary N) is 1. The zero-order chi connectivity index (χ0) is 30.4. The Balaban J connectivity index is 1.39. The van der Waals surface area contributed by atoms with Crippen molar-refractivity contribution in [1.29, 1.82) is 0 Å². The van der Waals surface area contributed by atoms with Gasteiger partial charge in [-0.1, -0.05) is 40.2 Å². The molecule has 2 amide bonds. The van der Waals surface area contributed by atoms with E-state index in [2.05, 4.69) is 33.4 Å². The maximum Gasteiger partial charge on any atom is 0.244 e. The fourth-order valence-corrected chi connectivity index (χ4v) is 9.24. The van der Waals surface area contributed by atoms with Gasteiger partial charge in [-0.3, -0.25) is 13.9 Å². The average Bonchev–Trinajstić information content (AvgIpc) is 2.87. The third-order valence-electron chi connectivity index (χ3n) is 9.39. The first-order chi connectivity index (χ1) is 19.6. The molecule has 0 aliphatic heterocycles. The molecule has 228 valence electrons. The molecular formula is C33H44BrN3O4S. The van der Waals surface area contributed by atoms with E-state index >= 15 is 0 Å². The number of amides is 2.